The Morgan fingerprint density at radius 1 is 1.45 bits per heavy atom. The minimum absolute atomic E-state index is 0.195. The minimum Gasteiger partial charge on any atom is -0.337 e. The Hall–Kier alpha value is -1.75. The molecule has 2 aromatic rings. The fourth-order valence-electron chi connectivity index (χ4n) is 2.85. The number of hydrogen-bond acceptors (Lipinski definition) is 4. The summed E-state index contributed by atoms with van der Waals surface area (Å²) in [5.74, 6) is 0.910. The van der Waals surface area contributed by atoms with Gasteiger partial charge in [0.05, 0.1) is 5.54 Å². The second-order valence-corrected chi connectivity index (χ2v) is 5.35. The summed E-state index contributed by atoms with van der Waals surface area (Å²) >= 11 is 0. The van der Waals surface area contributed by atoms with Gasteiger partial charge in [0, 0.05) is 5.56 Å². The molecule has 3 rings (SSSR count). The van der Waals surface area contributed by atoms with Crippen LogP contribution in [0.2, 0.25) is 0 Å². The van der Waals surface area contributed by atoms with Gasteiger partial charge in [-0.1, -0.05) is 12.1 Å². The third kappa shape index (κ3) is 2.12. The standard InChI is InChI=1S/C15H18FN3O/c1-3-15(7-4-8-17-15)14-18-13(19-20-14)12-6-5-11(16)9-10(12)2/h5-6,9,17H,3-4,7-8H2,1-2H3. The molecule has 0 aliphatic carbocycles. The van der Waals surface area contributed by atoms with Crippen molar-refractivity contribution in [3.05, 3.63) is 35.5 Å². The summed E-state index contributed by atoms with van der Waals surface area (Å²) in [7, 11) is 0. The molecular formula is C15H18FN3O. The Bertz CT molecular complexity index is 617. The van der Waals surface area contributed by atoms with E-state index in [2.05, 4.69) is 22.4 Å². The average Bonchev–Trinajstić information content (AvgIpc) is 3.08. The predicted octanol–water partition coefficient (Wildman–Crippen LogP) is 3.17. The maximum Gasteiger partial charge on any atom is 0.247 e. The van der Waals surface area contributed by atoms with Gasteiger partial charge in [0.1, 0.15) is 5.82 Å². The second-order valence-electron chi connectivity index (χ2n) is 5.35. The molecule has 1 unspecified atom stereocenters. The van der Waals surface area contributed by atoms with Gasteiger partial charge in [-0.05, 0) is 56.5 Å². The number of aromatic nitrogens is 2. The van der Waals surface area contributed by atoms with Gasteiger partial charge < -0.3 is 9.84 Å². The molecule has 1 aromatic carbocycles. The highest BCUT2D eigenvalue weighted by atomic mass is 19.1. The number of aryl methyl sites for hydroxylation is 1. The molecule has 0 amide bonds. The molecule has 1 aliphatic heterocycles. The smallest absolute Gasteiger partial charge is 0.247 e. The maximum absolute atomic E-state index is 13.2. The average molecular weight is 275 g/mol. The van der Waals surface area contributed by atoms with Crippen LogP contribution < -0.4 is 5.32 Å². The Labute approximate surface area is 117 Å². The van der Waals surface area contributed by atoms with E-state index < -0.39 is 0 Å². The second kappa shape index (κ2) is 4.98. The number of nitrogens with zero attached hydrogens (tertiary/aromatic N) is 2. The van der Waals surface area contributed by atoms with Gasteiger partial charge in [-0.2, -0.15) is 4.98 Å². The first-order valence-electron chi connectivity index (χ1n) is 7.00. The van der Waals surface area contributed by atoms with E-state index in [9.17, 15) is 4.39 Å². The molecule has 1 saturated heterocycles. The first kappa shape index (κ1) is 13.2. The summed E-state index contributed by atoms with van der Waals surface area (Å²) in [5, 5.41) is 7.53. The third-order valence-electron chi connectivity index (χ3n) is 4.11. The molecular weight excluding hydrogens is 257 g/mol. The molecule has 0 saturated carbocycles. The molecule has 0 bridgehead atoms. The summed E-state index contributed by atoms with van der Waals surface area (Å²) in [6, 6.07) is 4.59. The number of halogens is 1. The highest BCUT2D eigenvalue weighted by Gasteiger charge is 2.39. The third-order valence-corrected chi connectivity index (χ3v) is 4.11. The normalized spacial score (nSPS) is 22.4. The van der Waals surface area contributed by atoms with Gasteiger partial charge >= 0.3 is 0 Å². The van der Waals surface area contributed by atoms with Crippen LogP contribution in [0.3, 0.4) is 0 Å². The van der Waals surface area contributed by atoms with Crippen molar-refractivity contribution in [1.29, 1.82) is 0 Å². The van der Waals surface area contributed by atoms with Gasteiger partial charge in [0.15, 0.2) is 0 Å². The first-order valence-corrected chi connectivity index (χ1v) is 7.00. The molecule has 5 heteroatoms. The Balaban J connectivity index is 1.97. The van der Waals surface area contributed by atoms with Crippen LogP contribution in [0.1, 0.15) is 37.6 Å². The maximum atomic E-state index is 13.2. The Morgan fingerprint density at radius 2 is 2.30 bits per heavy atom. The first-order chi connectivity index (χ1) is 9.64. The Morgan fingerprint density at radius 3 is 2.95 bits per heavy atom. The molecule has 1 atom stereocenters. The van der Waals surface area contributed by atoms with Crippen LogP contribution in [0.4, 0.5) is 4.39 Å². The largest absolute Gasteiger partial charge is 0.337 e. The summed E-state index contributed by atoms with van der Waals surface area (Å²) in [5.41, 5.74) is 1.42. The SMILES string of the molecule is CCC1(c2nc(-c3ccc(F)cc3C)no2)CCCN1. The van der Waals surface area contributed by atoms with Crippen molar-refractivity contribution in [2.45, 2.75) is 38.6 Å². The topological polar surface area (TPSA) is 51.0 Å². The molecule has 20 heavy (non-hydrogen) atoms. The fraction of sp³-hybridized carbons (Fsp3) is 0.467. The highest BCUT2D eigenvalue weighted by Crippen LogP contribution is 2.34. The molecule has 106 valence electrons. The van der Waals surface area contributed by atoms with Crippen LogP contribution in [0.5, 0.6) is 0 Å². The van der Waals surface area contributed by atoms with Gasteiger partial charge in [0.25, 0.3) is 0 Å². The van der Waals surface area contributed by atoms with E-state index in [1.54, 1.807) is 6.07 Å². The molecule has 1 N–H and O–H groups in total. The monoisotopic (exact) mass is 275 g/mol. The van der Waals surface area contributed by atoms with Gasteiger partial charge in [-0.15, -0.1) is 0 Å². The molecule has 2 heterocycles. The summed E-state index contributed by atoms with van der Waals surface area (Å²) in [6.45, 7) is 4.93. The lowest BCUT2D eigenvalue weighted by atomic mass is 9.94. The van der Waals surface area contributed by atoms with Crippen LogP contribution in [0.25, 0.3) is 11.4 Å². The summed E-state index contributed by atoms with van der Waals surface area (Å²) < 4.78 is 18.6. The van der Waals surface area contributed by atoms with E-state index >= 15 is 0 Å². The summed E-state index contributed by atoms with van der Waals surface area (Å²) in [4.78, 5) is 4.53. The number of nitrogens with one attached hydrogen (secondary N) is 1. The lowest BCUT2D eigenvalue weighted by Crippen LogP contribution is -2.36. The van der Waals surface area contributed by atoms with Gasteiger partial charge in [0.2, 0.25) is 11.7 Å². The molecule has 4 nitrogen and oxygen atoms in total. The Kier molecular flexibility index (Phi) is 3.30. The lowest BCUT2D eigenvalue weighted by molar-refractivity contribution is 0.250. The van der Waals surface area contributed by atoms with Crippen molar-refractivity contribution in [2.75, 3.05) is 6.54 Å². The van der Waals surface area contributed by atoms with E-state index in [0.717, 1.165) is 36.9 Å². The number of benzene rings is 1. The van der Waals surface area contributed by atoms with Gasteiger partial charge in [-0.25, -0.2) is 4.39 Å². The van der Waals surface area contributed by atoms with Crippen LogP contribution in [-0.2, 0) is 5.54 Å². The van der Waals surface area contributed by atoms with Crippen LogP contribution in [0, 0.1) is 12.7 Å². The van der Waals surface area contributed by atoms with E-state index in [-0.39, 0.29) is 11.4 Å². The lowest BCUT2D eigenvalue weighted by Gasteiger charge is -2.22. The van der Waals surface area contributed by atoms with E-state index in [1.165, 1.54) is 12.1 Å². The number of hydrogen-bond donors (Lipinski definition) is 1. The quantitative estimate of drug-likeness (QED) is 0.934. The van der Waals surface area contributed by atoms with Crippen molar-refractivity contribution < 1.29 is 8.91 Å². The van der Waals surface area contributed by atoms with Crippen molar-refractivity contribution in [3.63, 3.8) is 0 Å². The fourth-order valence-corrected chi connectivity index (χ4v) is 2.85. The van der Waals surface area contributed by atoms with Crippen LogP contribution in [-0.4, -0.2) is 16.7 Å². The van der Waals surface area contributed by atoms with Crippen LogP contribution in [0.15, 0.2) is 22.7 Å². The molecule has 1 aromatic heterocycles. The van der Waals surface area contributed by atoms with E-state index in [4.69, 9.17) is 4.52 Å². The zero-order chi connectivity index (χ0) is 14.2. The molecule has 1 fully saturated rings. The number of rotatable bonds is 3. The van der Waals surface area contributed by atoms with Crippen molar-refractivity contribution in [1.82, 2.24) is 15.5 Å². The predicted molar refractivity (Wildman–Crippen MR) is 73.6 cm³/mol. The van der Waals surface area contributed by atoms with Crippen molar-refractivity contribution in [3.8, 4) is 11.4 Å². The highest BCUT2D eigenvalue weighted by molar-refractivity contribution is 5.59. The molecule has 0 spiro atoms. The zero-order valence-electron chi connectivity index (χ0n) is 11.7. The summed E-state index contributed by atoms with van der Waals surface area (Å²) in [6.07, 6.45) is 3.03. The zero-order valence-corrected chi connectivity index (χ0v) is 11.7. The van der Waals surface area contributed by atoms with Gasteiger partial charge in [-0.3, -0.25) is 0 Å². The van der Waals surface area contributed by atoms with E-state index in [0.29, 0.717) is 11.7 Å². The van der Waals surface area contributed by atoms with Crippen LogP contribution >= 0.6 is 0 Å². The van der Waals surface area contributed by atoms with Crippen molar-refractivity contribution >= 4 is 0 Å². The van der Waals surface area contributed by atoms with E-state index in [1.807, 2.05) is 6.92 Å². The molecule has 0 radical (unpaired) electrons. The molecule has 1 aliphatic rings. The van der Waals surface area contributed by atoms with Crippen molar-refractivity contribution in [2.24, 2.45) is 0 Å². The minimum atomic E-state index is -0.252.